The van der Waals surface area contributed by atoms with E-state index >= 15 is 0 Å². The second-order valence-corrected chi connectivity index (χ2v) is 13.6. The lowest BCUT2D eigenvalue weighted by molar-refractivity contribution is 0.670. The van der Waals surface area contributed by atoms with Gasteiger partial charge < -0.3 is 8.98 Å². The minimum Gasteiger partial charge on any atom is -0.455 e. The van der Waals surface area contributed by atoms with E-state index in [4.69, 9.17) is 19.4 Å². The second kappa shape index (κ2) is 12.1. The molecule has 8 aromatic carbocycles. The maximum absolute atomic E-state index is 6.98. The molecule has 0 radical (unpaired) electrons. The highest BCUT2D eigenvalue weighted by atomic mass is 16.3. The molecule has 54 heavy (non-hydrogen) atoms. The Hall–Kier alpha value is -7.37. The molecule has 0 aliphatic rings. The smallest absolute Gasteiger partial charge is 0.164 e. The minimum atomic E-state index is 0.584. The number of hydrogen-bond donors (Lipinski definition) is 0. The average molecular weight is 691 g/mol. The van der Waals surface area contributed by atoms with Crippen molar-refractivity contribution >= 4 is 54.5 Å². The first-order valence-corrected chi connectivity index (χ1v) is 18.1. The highest BCUT2D eigenvalue weighted by molar-refractivity contribution is 6.24. The monoisotopic (exact) mass is 690 g/mol. The summed E-state index contributed by atoms with van der Waals surface area (Å²) in [4.78, 5) is 15.3. The van der Waals surface area contributed by atoms with Gasteiger partial charge in [0.2, 0.25) is 0 Å². The van der Waals surface area contributed by atoms with E-state index in [2.05, 4.69) is 108 Å². The summed E-state index contributed by atoms with van der Waals surface area (Å²) in [5.41, 5.74) is 9.69. The molecule has 0 atom stereocenters. The van der Waals surface area contributed by atoms with Gasteiger partial charge in [0.25, 0.3) is 0 Å². The Morgan fingerprint density at radius 2 is 0.981 bits per heavy atom. The number of para-hydroxylation sites is 1. The molecule has 11 aromatic rings. The molecule has 0 aliphatic carbocycles. The van der Waals surface area contributed by atoms with Gasteiger partial charge in [-0.2, -0.15) is 0 Å². The zero-order valence-electron chi connectivity index (χ0n) is 29.0. The number of benzene rings is 8. The molecule has 252 valence electrons. The van der Waals surface area contributed by atoms with E-state index in [9.17, 15) is 0 Å². The van der Waals surface area contributed by atoms with Crippen LogP contribution in [0.5, 0.6) is 0 Å². The van der Waals surface area contributed by atoms with Gasteiger partial charge in [0.05, 0.1) is 22.1 Å². The Balaban J connectivity index is 1.28. The molecule has 3 heterocycles. The summed E-state index contributed by atoms with van der Waals surface area (Å²) in [7, 11) is 0. The van der Waals surface area contributed by atoms with E-state index in [1.54, 1.807) is 0 Å². The third kappa shape index (κ3) is 4.69. The van der Waals surface area contributed by atoms with Crippen LogP contribution < -0.4 is 0 Å². The summed E-state index contributed by atoms with van der Waals surface area (Å²) in [5, 5.41) is 6.83. The number of aromatic nitrogens is 4. The molecule has 0 saturated heterocycles. The Morgan fingerprint density at radius 3 is 1.70 bits per heavy atom. The normalized spacial score (nSPS) is 11.7. The summed E-state index contributed by atoms with van der Waals surface area (Å²) in [6, 6.07) is 63.1. The van der Waals surface area contributed by atoms with E-state index in [0.29, 0.717) is 17.5 Å². The van der Waals surface area contributed by atoms with Crippen LogP contribution in [-0.2, 0) is 0 Å². The number of rotatable bonds is 5. The highest BCUT2D eigenvalue weighted by Gasteiger charge is 2.24. The molecule has 11 rings (SSSR count). The van der Waals surface area contributed by atoms with Crippen LogP contribution in [0.3, 0.4) is 0 Å². The lowest BCUT2D eigenvalue weighted by atomic mass is 9.98. The number of fused-ring (bicyclic) bond motifs is 8. The van der Waals surface area contributed by atoms with Crippen molar-refractivity contribution in [1.82, 2.24) is 19.5 Å². The Labute approximate surface area is 310 Å². The second-order valence-electron chi connectivity index (χ2n) is 13.6. The summed E-state index contributed by atoms with van der Waals surface area (Å²) < 4.78 is 9.38. The van der Waals surface area contributed by atoms with Gasteiger partial charge in [-0.05, 0) is 46.7 Å². The van der Waals surface area contributed by atoms with Crippen LogP contribution >= 0.6 is 0 Å². The summed E-state index contributed by atoms with van der Waals surface area (Å²) >= 11 is 0. The van der Waals surface area contributed by atoms with Crippen molar-refractivity contribution in [2.45, 2.75) is 0 Å². The van der Waals surface area contributed by atoms with Gasteiger partial charge in [0, 0.05) is 38.4 Å². The first-order valence-electron chi connectivity index (χ1n) is 18.1. The number of furan rings is 1. The Morgan fingerprint density at radius 1 is 0.370 bits per heavy atom. The lowest BCUT2D eigenvalue weighted by Crippen LogP contribution is -2.00. The molecule has 0 N–H and O–H groups in total. The van der Waals surface area contributed by atoms with Gasteiger partial charge in [-0.15, -0.1) is 0 Å². The Kier molecular flexibility index (Phi) is 6.79. The SMILES string of the molecule is c1ccc(-c2nc(-c3ccccc3)nc(-c3cccc4oc5c(-c6ccccc6)ccc(-n6c7ccccc7c7c8ccccc8ccc76)c5c34)n2)cc1. The fourth-order valence-electron chi connectivity index (χ4n) is 8.05. The predicted molar refractivity (Wildman–Crippen MR) is 221 cm³/mol. The molecule has 0 fully saturated rings. The van der Waals surface area contributed by atoms with Crippen molar-refractivity contribution in [3.63, 3.8) is 0 Å². The number of hydrogen-bond acceptors (Lipinski definition) is 4. The summed E-state index contributed by atoms with van der Waals surface area (Å²) in [6.07, 6.45) is 0. The molecule has 5 heteroatoms. The molecule has 0 spiro atoms. The van der Waals surface area contributed by atoms with Gasteiger partial charge >= 0.3 is 0 Å². The molecular weight excluding hydrogens is 661 g/mol. The maximum atomic E-state index is 6.98. The van der Waals surface area contributed by atoms with E-state index in [-0.39, 0.29) is 0 Å². The van der Waals surface area contributed by atoms with Gasteiger partial charge in [0.15, 0.2) is 17.5 Å². The fourth-order valence-corrected chi connectivity index (χ4v) is 8.05. The first kappa shape index (κ1) is 30.3. The van der Waals surface area contributed by atoms with Crippen LogP contribution in [0.1, 0.15) is 0 Å². The van der Waals surface area contributed by atoms with Crippen LogP contribution in [0.25, 0.3) is 105 Å². The first-order chi connectivity index (χ1) is 26.8. The molecule has 5 nitrogen and oxygen atoms in total. The van der Waals surface area contributed by atoms with Crippen LogP contribution in [0.2, 0.25) is 0 Å². The molecular formula is C49H30N4O. The standard InChI is InChI=1S/C49H30N4O/c1-4-15-31(16-5-1)36-28-30-41(53-39-25-13-12-23-37(39)43-35-22-11-10-17-32(35)27-29-40(43)53)45-44-38(24-14-26-42(44)54-46(36)45)49-51-47(33-18-6-2-7-19-33)50-48(52-49)34-20-8-3-9-21-34/h1-30H. The fraction of sp³-hybridized carbons (Fsp3) is 0. The molecule has 0 saturated carbocycles. The van der Waals surface area contributed by atoms with E-state index in [1.165, 1.54) is 21.5 Å². The molecule has 0 amide bonds. The van der Waals surface area contributed by atoms with E-state index < -0.39 is 0 Å². The molecule has 0 aliphatic heterocycles. The number of nitrogens with zero attached hydrogens (tertiary/aromatic N) is 4. The van der Waals surface area contributed by atoms with Gasteiger partial charge in [-0.1, -0.05) is 152 Å². The maximum Gasteiger partial charge on any atom is 0.164 e. The van der Waals surface area contributed by atoms with Crippen molar-refractivity contribution in [3.8, 4) is 51.0 Å². The van der Waals surface area contributed by atoms with Gasteiger partial charge in [0.1, 0.15) is 11.2 Å². The van der Waals surface area contributed by atoms with Crippen LogP contribution in [0.4, 0.5) is 0 Å². The van der Waals surface area contributed by atoms with Gasteiger partial charge in [-0.25, -0.2) is 15.0 Å². The van der Waals surface area contributed by atoms with Crippen molar-refractivity contribution in [2.75, 3.05) is 0 Å². The molecule has 3 aromatic heterocycles. The van der Waals surface area contributed by atoms with Gasteiger partial charge in [-0.3, -0.25) is 0 Å². The Bertz CT molecular complexity index is 3140. The van der Waals surface area contributed by atoms with Crippen molar-refractivity contribution in [1.29, 1.82) is 0 Å². The third-order valence-corrected chi connectivity index (χ3v) is 10.5. The van der Waals surface area contributed by atoms with E-state index in [0.717, 1.165) is 66.5 Å². The van der Waals surface area contributed by atoms with Crippen molar-refractivity contribution in [2.24, 2.45) is 0 Å². The summed E-state index contributed by atoms with van der Waals surface area (Å²) in [5.74, 6) is 1.81. The highest BCUT2D eigenvalue weighted by Crippen LogP contribution is 2.46. The van der Waals surface area contributed by atoms with Crippen molar-refractivity contribution in [3.05, 3.63) is 182 Å². The lowest BCUT2D eigenvalue weighted by Gasteiger charge is -2.13. The third-order valence-electron chi connectivity index (χ3n) is 10.5. The molecule has 0 unspecified atom stereocenters. The van der Waals surface area contributed by atoms with Crippen LogP contribution in [-0.4, -0.2) is 19.5 Å². The predicted octanol–water partition coefficient (Wildman–Crippen LogP) is 12.7. The molecule has 0 bridgehead atoms. The largest absolute Gasteiger partial charge is 0.455 e. The van der Waals surface area contributed by atoms with Crippen LogP contribution in [0.15, 0.2) is 186 Å². The van der Waals surface area contributed by atoms with Crippen LogP contribution in [0, 0.1) is 0 Å². The zero-order valence-corrected chi connectivity index (χ0v) is 29.0. The summed E-state index contributed by atoms with van der Waals surface area (Å²) in [6.45, 7) is 0. The van der Waals surface area contributed by atoms with Crippen molar-refractivity contribution < 1.29 is 4.42 Å². The topological polar surface area (TPSA) is 56.7 Å². The zero-order chi connectivity index (χ0) is 35.6. The quantitative estimate of drug-likeness (QED) is 0.180. The van der Waals surface area contributed by atoms with E-state index in [1.807, 2.05) is 78.9 Å². The average Bonchev–Trinajstić information content (AvgIpc) is 3.81. The minimum absolute atomic E-state index is 0.584.